The van der Waals surface area contributed by atoms with Gasteiger partial charge in [-0.2, -0.15) is 0 Å². The smallest absolute Gasteiger partial charge is 0.315 e. The number of carbonyl (C=O) groups is 3. The Balaban J connectivity index is 2.74. The third kappa shape index (κ3) is 4.42. The van der Waals surface area contributed by atoms with Gasteiger partial charge in [-0.3, -0.25) is 14.4 Å². The summed E-state index contributed by atoms with van der Waals surface area (Å²) in [5, 5.41) is 13.9. The van der Waals surface area contributed by atoms with Gasteiger partial charge < -0.3 is 15.7 Å². The van der Waals surface area contributed by atoms with Gasteiger partial charge in [0.25, 0.3) is 0 Å². The molecule has 0 bridgehead atoms. The van der Waals surface area contributed by atoms with Crippen LogP contribution in [0.2, 0.25) is 0 Å². The molecule has 0 fully saturated rings. The molecule has 102 valence electrons. The third-order valence-electron chi connectivity index (χ3n) is 2.50. The largest absolute Gasteiger partial charge is 0.481 e. The normalized spacial score (nSPS) is 11.5. The number of carbonyl (C=O) groups excluding carboxylic acids is 2. The number of aliphatic carboxylic acids is 1. The van der Waals surface area contributed by atoms with Crippen molar-refractivity contribution in [1.82, 2.24) is 0 Å². The highest BCUT2D eigenvalue weighted by atomic mass is 16.4. The number of nitrogens with one attached hydrogen (secondary N) is 2. The second-order valence-corrected chi connectivity index (χ2v) is 4.03. The van der Waals surface area contributed by atoms with Crippen LogP contribution in [0.3, 0.4) is 0 Å². The Hall–Kier alpha value is -2.37. The van der Waals surface area contributed by atoms with Crippen molar-refractivity contribution in [3.05, 3.63) is 24.3 Å². The van der Waals surface area contributed by atoms with Crippen molar-refractivity contribution in [3.63, 3.8) is 0 Å². The summed E-state index contributed by atoms with van der Waals surface area (Å²) < 4.78 is 0. The molecule has 0 saturated heterocycles. The first kappa shape index (κ1) is 14.7. The van der Waals surface area contributed by atoms with Crippen molar-refractivity contribution < 1.29 is 19.5 Å². The summed E-state index contributed by atoms with van der Waals surface area (Å²) in [4.78, 5) is 33.5. The van der Waals surface area contributed by atoms with Crippen molar-refractivity contribution in [2.75, 3.05) is 10.6 Å². The Morgan fingerprint density at radius 3 is 2.32 bits per heavy atom. The molecule has 6 heteroatoms. The second kappa shape index (κ2) is 6.53. The molecule has 0 aliphatic carbocycles. The van der Waals surface area contributed by atoms with E-state index in [4.69, 9.17) is 5.11 Å². The lowest BCUT2D eigenvalue weighted by Crippen LogP contribution is -2.26. The van der Waals surface area contributed by atoms with Crippen molar-refractivity contribution in [1.29, 1.82) is 0 Å². The van der Waals surface area contributed by atoms with E-state index in [1.807, 2.05) is 0 Å². The van der Waals surface area contributed by atoms with Crippen LogP contribution < -0.4 is 10.6 Å². The van der Waals surface area contributed by atoms with Crippen LogP contribution in [-0.2, 0) is 14.4 Å². The Bertz CT molecular complexity index is 499. The molecular formula is C13H16N2O4. The van der Waals surface area contributed by atoms with E-state index >= 15 is 0 Å². The number of hydrogen-bond donors (Lipinski definition) is 3. The molecule has 1 unspecified atom stereocenters. The summed E-state index contributed by atoms with van der Waals surface area (Å²) in [5.41, 5.74) is 0.986. The Labute approximate surface area is 110 Å². The van der Waals surface area contributed by atoms with Gasteiger partial charge >= 0.3 is 5.97 Å². The van der Waals surface area contributed by atoms with Crippen molar-refractivity contribution in [2.24, 2.45) is 5.92 Å². The lowest BCUT2D eigenvalue weighted by molar-refractivity contribution is -0.144. The quantitative estimate of drug-likeness (QED) is 0.705. The summed E-state index contributed by atoms with van der Waals surface area (Å²) in [6, 6.07) is 6.53. The van der Waals surface area contributed by atoms with Crippen LogP contribution in [0.4, 0.5) is 11.4 Å². The van der Waals surface area contributed by atoms with Crippen LogP contribution in [0.15, 0.2) is 24.3 Å². The summed E-state index contributed by atoms with van der Waals surface area (Å²) in [5.74, 6) is -3.06. The highest BCUT2D eigenvalue weighted by molar-refractivity contribution is 6.04. The molecule has 1 aromatic rings. The molecule has 1 atom stereocenters. The van der Waals surface area contributed by atoms with E-state index in [0.717, 1.165) is 0 Å². The zero-order valence-electron chi connectivity index (χ0n) is 10.8. The molecular weight excluding hydrogens is 248 g/mol. The predicted octanol–water partition coefficient (Wildman–Crippen LogP) is 1.69. The maximum atomic E-state index is 11.6. The molecule has 19 heavy (non-hydrogen) atoms. The maximum absolute atomic E-state index is 11.6. The number of amides is 2. The van der Waals surface area contributed by atoms with E-state index in [9.17, 15) is 14.4 Å². The molecule has 0 saturated carbocycles. The molecule has 0 aliphatic heterocycles. The van der Waals surface area contributed by atoms with E-state index in [1.54, 1.807) is 31.2 Å². The van der Waals surface area contributed by atoms with E-state index < -0.39 is 17.8 Å². The number of anilines is 2. The lowest BCUT2D eigenvalue weighted by Gasteiger charge is -2.10. The zero-order valence-corrected chi connectivity index (χ0v) is 10.8. The van der Waals surface area contributed by atoms with Gasteiger partial charge in [0.15, 0.2) is 0 Å². The first-order valence-corrected chi connectivity index (χ1v) is 5.87. The lowest BCUT2D eigenvalue weighted by atomic mass is 10.1. The Morgan fingerprint density at radius 2 is 1.79 bits per heavy atom. The standard InChI is InChI=1S/C13H16N2O4/c1-3-11(16)14-9-5-4-6-10(7-9)15-12(17)8(2)13(18)19/h4-8H,3H2,1-2H3,(H,14,16)(H,15,17)(H,18,19). The Morgan fingerprint density at radius 1 is 1.21 bits per heavy atom. The molecule has 0 spiro atoms. The topological polar surface area (TPSA) is 95.5 Å². The van der Waals surface area contributed by atoms with Gasteiger partial charge in [0.2, 0.25) is 11.8 Å². The van der Waals surface area contributed by atoms with Crippen LogP contribution in [0.25, 0.3) is 0 Å². The zero-order chi connectivity index (χ0) is 14.4. The van der Waals surface area contributed by atoms with Crippen molar-refractivity contribution in [3.8, 4) is 0 Å². The fourth-order valence-electron chi connectivity index (χ4n) is 1.29. The molecule has 1 aromatic carbocycles. The molecule has 3 N–H and O–H groups in total. The number of hydrogen-bond acceptors (Lipinski definition) is 3. The van der Waals surface area contributed by atoms with E-state index in [0.29, 0.717) is 17.8 Å². The van der Waals surface area contributed by atoms with Gasteiger partial charge in [0, 0.05) is 17.8 Å². The van der Waals surface area contributed by atoms with Gasteiger partial charge in [0.05, 0.1) is 0 Å². The molecule has 1 rings (SSSR count). The monoisotopic (exact) mass is 264 g/mol. The molecule has 0 heterocycles. The van der Waals surface area contributed by atoms with Crippen LogP contribution >= 0.6 is 0 Å². The summed E-state index contributed by atoms with van der Waals surface area (Å²) in [6.07, 6.45) is 0.354. The van der Waals surface area contributed by atoms with E-state index in [2.05, 4.69) is 10.6 Å². The van der Waals surface area contributed by atoms with Crippen LogP contribution in [0.5, 0.6) is 0 Å². The SMILES string of the molecule is CCC(=O)Nc1cccc(NC(=O)C(C)C(=O)O)c1. The summed E-state index contributed by atoms with van der Waals surface area (Å²) in [7, 11) is 0. The summed E-state index contributed by atoms with van der Waals surface area (Å²) >= 11 is 0. The highest BCUT2D eigenvalue weighted by Gasteiger charge is 2.20. The first-order chi connectivity index (χ1) is 8.93. The van der Waals surface area contributed by atoms with Gasteiger partial charge in [0.1, 0.15) is 5.92 Å². The van der Waals surface area contributed by atoms with Gasteiger partial charge in [-0.05, 0) is 25.1 Å². The van der Waals surface area contributed by atoms with Crippen LogP contribution in [0, 0.1) is 5.92 Å². The minimum absolute atomic E-state index is 0.137. The van der Waals surface area contributed by atoms with E-state index in [1.165, 1.54) is 6.92 Å². The first-order valence-electron chi connectivity index (χ1n) is 5.87. The minimum Gasteiger partial charge on any atom is -0.481 e. The Kier molecular flexibility index (Phi) is 5.05. The van der Waals surface area contributed by atoms with Gasteiger partial charge in [-0.15, -0.1) is 0 Å². The molecule has 0 aliphatic rings. The van der Waals surface area contributed by atoms with Crippen molar-refractivity contribution in [2.45, 2.75) is 20.3 Å². The van der Waals surface area contributed by atoms with Gasteiger partial charge in [-0.1, -0.05) is 13.0 Å². The molecule has 0 aromatic heterocycles. The maximum Gasteiger partial charge on any atom is 0.315 e. The minimum atomic E-state index is -1.19. The fraction of sp³-hybridized carbons (Fsp3) is 0.308. The number of benzene rings is 1. The average Bonchev–Trinajstić information content (AvgIpc) is 2.37. The highest BCUT2D eigenvalue weighted by Crippen LogP contribution is 2.16. The second-order valence-electron chi connectivity index (χ2n) is 4.03. The van der Waals surface area contributed by atoms with Crippen molar-refractivity contribution >= 4 is 29.2 Å². The molecule has 2 amide bonds. The number of carboxylic acids is 1. The summed E-state index contributed by atoms with van der Waals surface area (Å²) in [6.45, 7) is 3.04. The van der Waals surface area contributed by atoms with Crippen LogP contribution in [-0.4, -0.2) is 22.9 Å². The molecule has 6 nitrogen and oxygen atoms in total. The van der Waals surface area contributed by atoms with E-state index in [-0.39, 0.29) is 5.91 Å². The third-order valence-corrected chi connectivity index (χ3v) is 2.50. The average molecular weight is 264 g/mol. The van der Waals surface area contributed by atoms with Crippen LogP contribution in [0.1, 0.15) is 20.3 Å². The number of rotatable bonds is 5. The fourth-order valence-corrected chi connectivity index (χ4v) is 1.29. The van der Waals surface area contributed by atoms with Gasteiger partial charge in [-0.25, -0.2) is 0 Å². The number of carboxylic acid groups (broad SMARTS) is 1. The molecule has 0 radical (unpaired) electrons. The predicted molar refractivity (Wildman–Crippen MR) is 70.8 cm³/mol.